The molecule has 0 bridgehead atoms. The fourth-order valence-corrected chi connectivity index (χ4v) is 10.7. The summed E-state index contributed by atoms with van der Waals surface area (Å²) in [7, 11) is -5.51. The smallest absolute Gasteiger partial charge is 0.395 e. The first kappa shape index (κ1) is 38.1. The zero-order chi connectivity index (χ0) is 32.4. The van der Waals surface area contributed by atoms with Gasteiger partial charge in [0, 0.05) is 50.7 Å². The lowest BCUT2D eigenvalue weighted by Crippen LogP contribution is -2.49. The minimum absolute atomic E-state index is 0.152. The van der Waals surface area contributed by atoms with Gasteiger partial charge in [-0.15, -0.1) is 0 Å². The van der Waals surface area contributed by atoms with Gasteiger partial charge in [-0.25, -0.2) is 4.79 Å². The SMILES string of the molecule is CCO[Si](OCC)(OCC)C(C)CCc1ccc(OC(=O)Oc2ccc(CCC(C)[Si](OCC)(OCC)OCC)cc2)cc1. The molecule has 2 atom stereocenters. The third kappa shape index (κ3) is 11.7. The highest BCUT2D eigenvalue weighted by molar-refractivity contribution is 6.62. The third-order valence-electron chi connectivity index (χ3n) is 7.26. The van der Waals surface area contributed by atoms with Crippen molar-refractivity contribution in [2.75, 3.05) is 39.6 Å². The minimum Gasteiger partial charge on any atom is -0.395 e. The zero-order valence-electron chi connectivity index (χ0n) is 28.0. The van der Waals surface area contributed by atoms with Crippen LogP contribution in [0.25, 0.3) is 0 Å². The Labute approximate surface area is 267 Å². The van der Waals surface area contributed by atoms with Crippen molar-refractivity contribution < 1.29 is 40.8 Å². The van der Waals surface area contributed by atoms with Crippen LogP contribution in [0.4, 0.5) is 4.79 Å². The second-order valence-electron chi connectivity index (χ2n) is 10.4. The van der Waals surface area contributed by atoms with Crippen LogP contribution in [0.3, 0.4) is 0 Å². The number of rotatable bonds is 22. The maximum Gasteiger partial charge on any atom is 0.519 e. The van der Waals surface area contributed by atoms with Crippen molar-refractivity contribution in [3.63, 3.8) is 0 Å². The Bertz CT molecular complexity index is 948. The van der Waals surface area contributed by atoms with E-state index in [-0.39, 0.29) is 11.1 Å². The highest BCUT2D eigenvalue weighted by Gasteiger charge is 2.47. The molecule has 2 rings (SSSR count). The molecular formula is C33H54O9Si2. The normalized spacial score (nSPS) is 13.5. The summed E-state index contributed by atoms with van der Waals surface area (Å²) in [6, 6.07) is 14.9. The van der Waals surface area contributed by atoms with E-state index in [0.29, 0.717) is 51.1 Å². The first-order chi connectivity index (χ1) is 21.2. The average molecular weight is 651 g/mol. The van der Waals surface area contributed by atoms with Gasteiger partial charge in [-0.3, -0.25) is 0 Å². The molecule has 248 valence electrons. The van der Waals surface area contributed by atoms with E-state index in [1.165, 1.54) is 0 Å². The first-order valence-corrected chi connectivity index (χ1v) is 19.7. The van der Waals surface area contributed by atoms with Crippen LogP contribution in [0.5, 0.6) is 11.5 Å². The van der Waals surface area contributed by atoms with Crippen LogP contribution < -0.4 is 9.47 Å². The molecule has 0 aromatic heterocycles. The lowest BCUT2D eigenvalue weighted by molar-refractivity contribution is 0.0608. The van der Waals surface area contributed by atoms with Gasteiger partial charge in [0.05, 0.1) is 0 Å². The highest BCUT2D eigenvalue weighted by atomic mass is 28.4. The molecule has 2 aromatic carbocycles. The summed E-state index contributed by atoms with van der Waals surface area (Å²) >= 11 is 0. The summed E-state index contributed by atoms with van der Waals surface area (Å²) in [6.07, 6.45) is 2.58. The Morgan fingerprint density at radius 1 is 0.523 bits per heavy atom. The molecule has 0 radical (unpaired) electrons. The maximum absolute atomic E-state index is 12.5. The predicted octanol–water partition coefficient (Wildman–Crippen LogP) is 8.01. The van der Waals surface area contributed by atoms with Crippen molar-refractivity contribution in [3.05, 3.63) is 59.7 Å². The molecule has 0 aliphatic rings. The van der Waals surface area contributed by atoms with Gasteiger partial charge in [0.2, 0.25) is 0 Å². The number of carbonyl (C=O) groups excluding carboxylic acids is 1. The monoisotopic (exact) mass is 650 g/mol. The van der Waals surface area contributed by atoms with E-state index >= 15 is 0 Å². The van der Waals surface area contributed by atoms with Gasteiger partial charge in [-0.05, 0) is 103 Å². The molecule has 9 nitrogen and oxygen atoms in total. The molecular weight excluding hydrogens is 597 g/mol. The molecule has 0 N–H and O–H groups in total. The van der Waals surface area contributed by atoms with E-state index in [1.54, 1.807) is 24.3 Å². The number of carbonyl (C=O) groups is 1. The molecule has 2 unspecified atom stereocenters. The molecule has 44 heavy (non-hydrogen) atoms. The van der Waals surface area contributed by atoms with Crippen LogP contribution in [0.1, 0.15) is 79.4 Å². The third-order valence-corrected chi connectivity index (χ3v) is 14.4. The number of aryl methyl sites for hydroxylation is 2. The van der Waals surface area contributed by atoms with Gasteiger partial charge in [0.1, 0.15) is 11.5 Å². The van der Waals surface area contributed by atoms with E-state index in [9.17, 15) is 4.79 Å². The van der Waals surface area contributed by atoms with Crippen molar-refractivity contribution in [2.45, 2.75) is 92.2 Å². The Kier molecular flexibility index (Phi) is 17.4. The van der Waals surface area contributed by atoms with Crippen molar-refractivity contribution in [1.82, 2.24) is 0 Å². The molecule has 0 heterocycles. The average Bonchev–Trinajstić information content (AvgIpc) is 3.00. The Balaban J connectivity index is 1.88. The lowest BCUT2D eigenvalue weighted by Gasteiger charge is -2.33. The summed E-state index contributed by atoms with van der Waals surface area (Å²) in [5, 5.41) is 0. The standard InChI is InChI=1S/C33H54O9Si2/c1-9-35-43(36-10-2,37-11-3)27(7)15-17-29-19-23-31(24-20-29)41-33(34)42-32-25-21-30(22-26-32)18-16-28(8)44(38-12-4,39-13-5)40-14-6/h19-28H,9-18H2,1-8H3. The molecule has 0 aliphatic carbocycles. The van der Waals surface area contributed by atoms with Gasteiger partial charge in [0.25, 0.3) is 0 Å². The predicted molar refractivity (Wildman–Crippen MR) is 176 cm³/mol. The van der Waals surface area contributed by atoms with Crippen molar-refractivity contribution in [3.8, 4) is 11.5 Å². The fourth-order valence-electron chi connectivity index (χ4n) is 5.09. The van der Waals surface area contributed by atoms with E-state index in [2.05, 4.69) is 13.8 Å². The van der Waals surface area contributed by atoms with Crippen LogP contribution in [0, 0.1) is 0 Å². The van der Waals surface area contributed by atoms with Crippen LogP contribution in [0.2, 0.25) is 11.1 Å². The van der Waals surface area contributed by atoms with Gasteiger partial charge < -0.3 is 36.0 Å². The van der Waals surface area contributed by atoms with Gasteiger partial charge in [0.15, 0.2) is 0 Å². The van der Waals surface area contributed by atoms with Gasteiger partial charge in [-0.2, -0.15) is 0 Å². The molecule has 0 amide bonds. The number of benzene rings is 2. The van der Waals surface area contributed by atoms with Crippen LogP contribution >= 0.6 is 0 Å². The van der Waals surface area contributed by atoms with Gasteiger partial charge in [-0.1, -0.05) is 38.1 Å². The summed E-state index contributed by atoms with van der Waals surface area (Å²) in [5.74, 6) is 0.842. The largest absolute Gasteiger partial charge is 0.519 e. The second-order valence-corrected chi connectivity index (χ2v) is 16.5. The fraction of sp³-hybridized carbons (Fsp3) is 0.606. The van der Waals surface area contributed by atoms with Crippen molar-refractivity contribution >= 4 is 23.8 Å². The number of hydrogen-bond donors (Lipinski definition) is 0. The Morgan fingerprint density at radius 2 is 0.795 bits per heavy atom. The summed E-state index contributed by atoms with van der Waals surface area (Å²) in [6.45, 7) is 19.4. The molecule has 0 saturated heterocycles. The molecule has 0 spiro atoms. The molecule has 2 aromatic rings. The van der Waals surface area contributed by atoms with E-state index < -0.39 is 23.8 Å². The van der Waals surface area contributed by atoms with Crippen molar-refractivity contribution in [1.29, 1.82) is 0 Å². The summed E-state index contributed by atoms with van der Waals surface area (Å²) in [5.41, 5.74) is 2.55. The molecule has 0 fully saturated rings. The summed E-state index contributed by atoms with van der Waals surface area (Å²) < 4.78 is 47.1. The van der Waals surface area contributed by atoms with Crippen LogP contribution in [-0.4, -0.2) is 63.4 Å². The van der Waals surface area contributed by atoms with E-state index in [0.717, 1.165) is 36.8 Å². The van der Waals surface area contributed by atoms with E-state index in [4.69, 9.17) is 36.0 Å². The van der Waals surface area contributed by atoms with Gasteiger partial charge >= 0.3 is 23.8 Å². The quantitative estimate of drug-likeness (QED) is 0.0714. The van der Waals surface area contributed by atoms with Crippen LogP contribution in [-0.2, 0) is 39.4 Å². The second kappa shape index (κ2) is 20.1. The lowest BCUT2D eigenvalue weighted by atomic mass is 10.1. The van der Waals surface area contributed by atoms with E-state index in [1.807, 2.05) is 65.8 Å². The number of hydrogen-bond acceptors (Lipinski definition) is 9. The Morgan fingerprint density at radius 3 is 1.05 bits per heavy atom. The molecule has 0 aliphatic heterocycles. The minimum atomic E-state index is -2.75. The number of ether oxygens (including phenoxy) is 2. The molecule has 0 saturated carbocycles. The maximum atomic E-state index is 12.5. The highest BCUT2D eigenvalue weighted by Crippen LogP contribution is 2.32. The topological polar surface area (TPSA) is 90.9 Å². The Hall–Kier alpha value is -2.10. The molecule has 11 heteroatoms. The van der Waals surface area contributed by atoms with Crippen LogP contribution in [0.15, 0.2) is 48.5 Å². The first-order valence-electron chi connectivity index (χ1n) is 16.1. The zero-order valence-corrected chi connectivity index (χ0v) is 30.0. The van der Waals surface area contributed by atoms with Crippen molar-refractivity contribution in [2.24, 2.45) is 0 Å². The summed E-state index contributed by atoms with van der Waals surface area (Å²) in [4.78, 5) is 12.5.